The maximum atomic E-state index is 4.60. The molecule has 3 heterocycles. The summed E-state index contributed by atoms with van der Waals surface area (Å²) in [7, 11) is 0. The van der Waals surface area contributed by atoms with E-state index in [0.717, 1.165) is 36.7 Å². The van der Waals surface area contributed by atoms with E-state index in [0.29, 0.717) is 0 Å². The summed E-state index contributed by atoms with van der Waals surface area (Å²) in [6.45, 7) is 7.00. The minimum atomic E-state index is 0.863. The zero-order valence-electron chi connectivity index (χ0n) is 11.8. The molecule has 1 N–H and O–H groups in total. The predicted octanol–water partition coefficient (Wildman–Crippen LogP) is 2.39. The second kappa shape index (κ2) is 5.76. The molecule has 0 aromatic carbocycles. The van der Waals surface area contributed by atoms with Crippen LogP contribution in [0.1, 0.15) is 22.7 Å². The van der Waals surface area contributed by atoms with Crippen LogP contribution in [0.25, 0.3) is 4.96 Å². The van der Waals surface area contributed by atoms with Gasteiger partial charge in [0, 0.05) is 36.6 Å². The van der Waals surface area contributed by atoms with Crippen LogP contribution in [-0.2, 0) is 13.1 Å². The molecule has 5 nitrogen and oxygen atoms in total. The number of fused-ring (bicyclic) bond motifs is 1. The van der Waals surface area contributed by atoms with Crippen LogP contribution >= 0.6 is 11.3 Å². The number of nitrogens with zero attached hydrogens (tertiary/aromatic N) is 4. The van der Waals surface area contributed by atoms with Crippen LogP contribution in [0.15, 0.2) is 24.7 Å². The number of thiazole rings is 1. The average molecular weight is 289 g/mol. The number of hydrogen-bond donors (Lipinski definition) is 1. The summed E-state index contributed by atoms with van der Waals surface area (Å²) in [4.78, 5) is 6.99. The Bertz CT molecular complexity index is 680. The molecular formula is C14H19N5S. The highest BCUT2D eigenvalue weighted by Gasteiger charge is 2.10. The highest BCUT2D eigenvalue weighted by molar-refractivity contribution is 7.17. The number of nitrogens with one attached hydrogen (secondary N) is 1. The van der Waals surface area contributed by atoms with Crippen molar-refractivity contribution in [2.24, 2.45) is 0 Å². The van der Waals surface area contributed by atoms with Gasteiger partial charge >= 0.3 is 0 Å². The van der Waals surface area contributed by atoms with Gasteiger partial charge in [0.1, 0.15) is 0 Å². The minimum Gasteiger partial charge on any atom is -0.311 e. The van der Waals surface area contributed by atoms with Gasteiger partial charge in [-0.3, -0.25) is 9.08 Å². The van der Waals surface area contributed by atoms with Crippen molar-refractivity contribution in [1.82, 2.24) is 24.5 Å². The van der Waals surface area contributed by atoms with Gasteiger partial charge in [-0.05, 0) is 32.9 Å². The lowest BCUT2D eigenvalue weighted by Gasteiger charge is -2.05. The van der Waals surface area contributed by atoms with E-state index in [1.54, 1.807) is 11.3 Å². The van der Waals surface area contributed by atoms with Crippen molar-refractivity contribution in [3.05, 3.63) is 40.9 Å². The Kier molecular flexibility index (Phi) is 3.84. The largest absolute Gasteiger partial charge is 0.311 e. The molecular weight excluding hydrogens is 270 g/mol. The van der Waals surface area contributed by atoms with E-state index in [9.17, 15) is 0 Å². The first-order chi connectivity index (χ1) is 9.74. The molecule has 3 rings (SSSR count). The van der Waals surface area contributed by atoms with Crippen molar-refractivity contribution in [2.75, 3.05) is 6.54 Å². The Labute approximate surface area is 122 Å². The Hall–Kier alpha value is -1.66. The molecule has 0 bridgehead atoms. The Morgan fingerprint density at radius 2 is 2.25 bits per heavy atom. The van der Waals surface area contributed by atoms with Gasteiger partial charge in [-0.15, -0.1) is 11.3 Å². The van der Waals surface area contributed by atoms with Gasteiger partial charge in [0.25, 0.3) is 0 Å². The lowest BCUT2D eigenvalue weighted by atomic mass is 10.3. The number of imidazole rings is 1. The lowest BCUT2D eigenvalue weighted by Crippen LogP contribution is -2.18. The molecule has 20 heavy (non-hydrogen) atoms. The van der Waals surface area contributed by atoms with Gasteiger partial charge in [-0.1, -0.05) is 0 Å². The quantitative estimate of drug-likeness (QED) is 0.709. The second-order valence-electron chi connectivity index (χ2n) is 4.94. The predicted molar refractivity (Wildman–Crippen MR) is 81.1 cm³/mol. The summed E-state index contributed by atoms with van der Waals surface area (Å²) >= 11 is 1.74. The third kappa shape index (κ3) is 2.76. The Balaban J connectivity index is 1.53. The van der Waals surface area contributed by atoms with Crippen molar-refractivity contribution >= 4 is 16.3 Å². The molecule has 0 aliphatic carbocycles. The molecule has 0 atom stereocenters. The highest BCUT2D eigenvalue weighted by Crippen LogP contribution is 2.20. The van der Waals surface area contributed by atoms with Crippen LogP contribution in [0.2, 0.25) is 0 Å². The molecule has 3 aromatic heterocycles. The van der Waals surface area contributed by atoms with Crippen LogP contribution < -0.4 is 5.32 Å². The third-order valence-electron chi connectivity index (χ3n) is 3.33. The maximum Gasteiger partial charge on any atom is 0.194 e. The monoisotopic (exact) mass is 289 g/mol. The first-order valence-corrected chi connectivity index (χ1v) is 7.68. The molecule has 0 saturated carbocycles. The van der Waals surface area contributed by atoms with E-state index in [4.69, 9.17) is 0 Å². The Morgan fingerprint density at radius 3 is 3.05 bits per heavy atom. The minimum absolute atomic E-state index is 0.863. The van der Waals surface area contributed by atoms with Crippen LogP contribution in [-0.4, -0.2) is 25.7 Å². The fourth-order valence-electron chi connectivity index (χ4n) is 2.33. The normalized spacial score (nSPS) is 11.5. The smallest absolute Gasteiger partial charge is 0.194 e. The topological polar surface area (TPSA) is 47.1 Å². The van der Waals surface area contributed by atoms with E-state index < -0.39 is 0 Å². The first kappa shape index (κ1) is 13.3. The first-order valence-electron chi connectivity index (χ1n) is 6.86. The van der Waals surface area contributed by atoms with E-state index in [1.165, 1.54) is 10.6 Å². The molecule has 0 unspecified atom stereocenters. The van der Waals surface area contributed by atoms with Gasteiger partial charge < -0.3 is 5.32 Å². The molecule has 3 aromatic rings. The van der Waals surface area contributed by atoms with Crippen LogP contribution in [0.4, 0.5) is 0 Å². The number of aromatic nitrogens is 4. The third-order valence-corrected chi connectivity index (χ3v) is 4.23. The number of hydrogen-bond acceptors (Lipinski definition) is 4. The van der Waals surface area contributed by atoms with Gasteiger partial charge in [0.2, 0.25) is 0 Å². The molecule has 0 amide bonds. The molecule has 0 aliphatic rings. The number of rotatable bonds is 6. The molecule has 0 saturated heterocycles. The fourth-order valence-corrected chi connectivity index (χ4v) is 3.22. The number of aryl methyl sites for hydroxylation is 3. The summed E-state index contributed by atoms with van der Waals surface area (Å²) in [5, 5.41) is 7.69. The molecule has 106 valence electrons. The van der Waals surface area contributed by atoms with Gasteiger partial charge in [0.05, 0.1) is 11.4 Å². The molecule has 0 radical (unpaired) electrons. The van der Waals surface area contributed by atoms with Crippen LogP contribution in [0.3, 0.4) is 0 Å². The van der Waals surface area contributed by atoms with Crippen LogP contribution in [0, 0.1) is 13.8 Å². The van der Waals surface area contributed by atoms with E-state index >= 15 is 0 Å². The van der Waals surface area contributed by atoms with E-state index in [2.05, 4.69) is 39.8 Å². The summed E-state index contributed by atoms with van der Waals surface area (Å²) < 4.78 is 4.17. The standard InChI is InChI=1S/C14H19N5S/c1-11-10-19-13(12(2)17-14(19)20-11)9-15-5-3-7-18-8-4-6-16-18/h4,6,8,10,15H,3,5,7,9H2,1-2H3. The SMILES string of the molecule is Cc1cn2c(CNCCCn3cccn3)c(C)nc2s1. The van der Waals surface area contributed by atoms with E-state index in [1.807, 2.05) is 23.1 Å². The Morgan fingerprint density at radius 1 is 1.35 bits per heavy atom. The molecule has 0 aliphatic heterocycles. The second-order valence-corrected chi connectivity index (χ2v) is 6.15. The van der Waals surface area contributed by atoms with E-state index in [-0.39, 0.29) is 0 Å². The van der Waals surface area contributed by atoms with Crippen molar-refractivity contribution in [2.45, 2.75) is 33.4 Å². The molecule has 0 fully saturated rings. The zero-order valence-corrected chi connectivity index (χ0v) is 12.7. The summed E-state index contributed by atoms with van der Waals surface area (Å²) in [5.41, 5.74) is 2.39. The van der Waals surface area contributed by atoms with Crippen molar-refractivity contribution in [3.63, 3.8) is 0 Å². The summed E-state index contributed by atoms with van der Waals surface area (Å²) in [5.74, 6) is 0. The van der Waals surface area contributed by atoms with Gasteiger partial charge in [-0.25, -0.2) is 4.98 Å². The highest BCUT2D eigenvalue weighted by atomic mass is 32.1. The summed E-state index contributed by atoms with van der Waals surface area (Å²) in [6, 6.07) is 1.96. The van der Waals surface area contributed by atoms with Crippen LogP contribution in [0.5, 0.6) is 0 Å². The average Bonchev–Trinajstić information content (AvgIpc) is 3.08. The zero-order chi connectivity index (χ0) is 13.9. The van der Waals surface area contributed by atoms with Gasteiger partial charge in [-0.2, -0.15) is 5.10 Å². The summed E-state index contributed by atoms with van der Waals surface area (Å²) in [6.07, 6.45) is 7.06. The maximum absolute atomic E-state index is 4.60. The van der Waals surface area contributed by atoms with Gasteiger partial charge in [0.15, 0.2) is 4.96 Å². The molecule has 0 spiro atoms. The van der Waals surface area contributed by atoms with Crippen molar-refractivity contribution < 1.29 is 0 Å². The molecule has 6 heteroatoms. The fraction of sp³-hybridized carbons (Fsp3) is 0.429. The van der Waals surface area contributed by atoms with Crippen molar-refractivity contribution in [1.29, 1.82) is 0 Å². The lowest BCUT2D eigenvalue weighted by molar-refractivity contribution is 0.540. The van der Waals surface area contributed by atoms with Crippen molar-refractivity contribution in [3.8, 4) is 0 Å².